The lowest BCUT2D eigenvalue weighted by atomic mass is 10.1. The Morgan fingerprint density at radius 1 is 1.37 bits per heavy atom. The summed E-state index contributed by atoms with van der Waals surface area (Å²) in [5.74, 6) is 0. The fraction of sp³-hybridized carbons (Fsp3) is 0.625. The van der Waals surface area contributed by atoms with Crippen LogP contribution in [0.3, 0.4) is 0 Å². The second-order valence-corrected chi connectivity index (χ2v) is 6.68. The van der Waals surface area contributed by atoms with Crippen molar-refractivity contribution in [2.75, 3.05) is 32.4 Å². The van der Waals surface area contributed by atoms with E-state index in [1.54, 1.807) is 0 Å². The Morgan fingerprint density at radius 2 is 2.16 bits per heavy atom. The highest BCUT2D eigenvalue weighted by Crippen LogP contribution is 2.18. The molecule has 2 nitrogen and oxygen atoms in total. The molecule has 1 aliphatic rings. The molecular weight excluding hydrogens is 252 g/mol. The number of nitrogens with one attached hydrogen (secondary N) is 1. The van der Waals surface area contributed by atoms with Gasteiger partial charge >= 0.3 is 0 Å². The van der Waals surface area contributed by atoms with Crippen LogP contribution < -0.4 is 5.32 Å². The molecule has 0 aliphatic carbocycles. The summed E-state index contributed by atoms with van der Waals surface area (Å²) >= 11 is 1.97. The Bertz CT molecular complexity index is 355. The molecule has 0 bridgehead atoms. The van der Waals surface area contributed by atoms with Gasteiger partial charge in [0.1, 0.15) is 0 Å². The minimum atomic E-state index is 0.494. The third-order valence-electron chi connectivity index (χ3n) is 3.94. The molecule has 1 fully saturated rings. The van der Waals surface area contributed by atoms with E-state index >= 15 is 0 Å². The lowest BCUT2D eigenvalue weighted by Gasteiger charge is -2.25. The molecule has 3 heteroatoms. The summed E-state index contributed by atoms with van der Waals surface area (Å²) in [6, 6.07) is 11.4. The van der Waals surface area contributed by atoms with Gasteiger partial charge < -0.3 is 10.2 Å². The SMILES string of the molecule is CSC(C)CCN1CCCNC(c2ccccc2)C1. The van der Waals surface area contributed by atoms with Crippen molar-refractivity contribution in [1.29, 1.82) is 0 Å². The summed E-state index contributed by atoms with van der Waals surface area (Å²) in [5, 5.41) is 4.45. The highest BCUT2D eigenvalue weighted by atomic mass is 32.2. The first-order valence-corrected chi connectivity index (χ1v) is 8.62. The van der Waals surface area contributed by atoms with Crippen molar-refractivity contribution in [2.45, 2.75) is 31.1 Å². The minimum absolute atomic E-state index is 0.494. The fourth-order valence-corrected chi connectivity index (χ4v) is 2.93. The van der Waals surface area contributed by atoms with Gasteiger partial charge in [-0.1, -0.05) is 37.3 Å². The molecule has 1 heterocycles. The second kappa shape index (κ2) is 7.93. The topological polar surface area (TPSA) is 15.3 Å². The van der Waals surface area contributed by atoms with Crippen LogP contribution in [0.25, 0.3) is 0 Å². The number of nitrogens with zero attached hydrogens (tertiary/aromatic N) is 1. The van der Waals surface area contributed by atoms with Crippen LogP contribution in [0.2, 0.25) is 0 Å². The van der Waals surface area contributed by atoms with E-state index in [9.17, 15) is 0 Å². The van der Waals surface area contributed by atoms with Crippen molar-refractivity contribution in [3.05, 3.63) is 35.9 Å². The van der Waals surface area contributed by atoms with E-state index in [1.807, 2.05) is 11.8 Å². The molecule has 1 aromatic rings. The van der Waals surface area contributed by atoms with E-state index in [-0.39, 0.29) is 0 Å². The summed E-state index contributed by atoms with van der Waals surface area (Å²) in [5.41, 5.74) is 1.42. The summed E-state index contributed by atoms with van der Waals surface area (Å²) < 4.78 is 0. The second-order valence-electron chi connectivity index (χ2n) is 5.41. The molecule has 0 saturated carbocycles. The maximum absolute atomic E-state index is 3.68. The van der Waals surface area contributed by atoms with Gasteiger partial charge in [-0.15, -0.1) is 0 Å². The molecule has 1 aromatic carbocycles. The van der Waals surface area contributed by atoms with Crippen molar-refractivity contribution in [2.24, 2.45) is 0 Å². The maximum Gasteiger partial charge on any atom is 0.0449 e. The van der Waals surface area contributed by atoms with E-state index < -0.39 is 0 Å². The Kier molecular flexibility index (Phi) is 6.21. The third kappa shape index (κ3) is 4.83. The van der Waals surface area contributed by atoms with E-state index in [4.69, 9.17) is 0 Å². The highest BCUT2D eigenvalue weighted by molar-refractivity contribution is 7.99. The van der Waals surface area contributed by atoms with Crippen LogP contribution in [0.4, 0.5) is 0 Å². The predicted molar refractivity (Wildman–Crippen MR) is 85.8 cm³/mol. The lowest BCUT2D eigenvalue weighted by Crippen LogP contribution is -2.32. The van der Waals surface area contributed by atoms with Gasteiger partial charge in [0.15, 0.2) is 0 Å². The number of hydrogen-bond donors (Lipinski definition) is 1. The lowest BCUT2D eigenvalue weighted by molar-refractivity contribution is 0.266. The number of rotatable bonds is 5. The Labute approximate surface area is 122 Å². The van der Waals surface area contributed by atoms with Gasteiger partial charge in [-0.3, -0.25) is 0 Å². The molecular formula is C16H26N2S. The first-order valence-electron chi connectivity index (χ1n) is 7.33. The summed E-state index contributed by atoms with van der Waals surface area (Å²) in [6.07, 6.45) is 4.76. The minimum Gasteiger partial charge on any atom is -0.309 e. The smallest absolute Gasteiger partial charge is 0.0449 e. The van der Waals surface area contributed by atoms with E-state index in [1.165, 1.54) is 31.5 Å². The first-order chi connectivity index (χ1) is 9.29. The van der Waals surface area contributed by atoms with Crippen molar-refractivity contribution < 1.29 is 0 Å². The van der Waals surface area contributed by atoms with Gasteiger partial charge in [0, 0.05) is 17.8 Å². The number of thioether (sulfide) groups is 1. The monoisotopic (exact) mass is 278 g/mol. The molecule has 0 spiro atoms. The summed E-state index contributed by atoms with van der Waals surface area (Å²) in [6.45, 7) is 7.07. The number of hydrogen-bond acceptors (Lipinski definition) is 3. The van der Waals surface area contributed by atoms with E-state index in [0.29, 0.717) is 6.04 Å². The van der Waals surface area contributed by atoms with Crippen molar-refractivity contribution in [3.8, 4) is 0 Å². The maximum atomic E-state index is 3.68. The van der Waals surface area contributed by atoms with Crippen molar-refractivity contribution in [3.63, 3.8) is 0 Å². The largest absolute Gasteiger partial charge is 0.309 e. The van der Waals surface area contributed by atoms with Gasteiger partial charge in [0.25, 0.3) is 0 Å². The van der Waals surface area contributed by atoms with Crippen LogP contribution in [0.5, 0.6) is 0 Å². The van der Waals surface area contributed by atoms with E-state index in [2.05, 4.69) is 53.7 Å². The predicted octanol–water partition coefficient (Wildman–Crippen LogP) is 3.16. The average molecular weight is 278 g/mol. The van der Waals surface area contributed by atoms with Crippen molar-refractivity contribution >= 4 is 11.8 Å². The fourth-order valence-electron chi connectivity index (χ4n) is 2.59. The molecule has 2 unspecified atom stereocenters. The van der Waals surface area contributed by atoms with Crippen LogP contribution in [-0.2, 0) is 0 Å². The molecule has 106 valence electrons. The molecule has 0 amide bonds. The zero-order valence-corrected chi connectivity index (χ0v) is 13.0. The van der Waals surface area contributed by atoms with Gasteiger partial charge in [-0.25, -0.2) is 0 Å². The van der Waals surface area contributed by atoms with Crippen LogP contribution in [0.1, 0.15) is 31.4 Å². The molecule has 1 saturated heterocycles. The Morgan fingerprint density at radius 3 is 2.89 bits per heavy atom. The molecule has 1 aliphatic heterocycles. The third-order valence-corrected chi connectivity index (χ3v) is 4.98. The normalized spacial score (nSPS) is 22.9. The first kappa shape index (κ1) is 14.9. The zero-order valence-electron chi connectivity index (χ0n) is 12.1. The molecule has 2 rings (SSSR count). The summed E-state index contributed by atoms with van der Waals surface area (Å²) in [4.78, 5) is 2.63. The van der Waals surface area contributed by atoms with Crippen LogP contribution >= 0.6 is 11.8 Å². The standard InChI is InChI=1S/C16H26N2S/c1-14(19-2)9-12-18-11-6-10-17-16(13-18)15-7-4-3-5-8-15/h3-5,7-8,14,16-17H,6,9-13H2,1-2H3. The molecule has 1 N–H and O–H groups in total. The van der Waals surface area contributed by atoms with Gasteiger partial charge in [0.05, 0.1) is 0 Å². The molecule has 0 aromatic heterocycles. The van der Waals surface area contributed by atoms with Crippen LogP contribution in [-0.4, -0.2) is 42.6 Å². The van der Waals surface area contributed by atoms with E-state index in [0.717, 1.165) is 18.3 Å². The highest BCUT2D eigenvalue weighted by Gasteiger charge is 2.18. The number of benzene rings is 1. The van der Waals surface area contributed by atoms with Gasteiger partial charge in [-0.05, 0) is 44.3 Å². The summed E-state index contributed by atoms with van der Waals surface area (Å²) in [7, 11) is 0. The quantitative estimate of drug-likeness (QED) is 0.890. The molecule has 0 radical (unpaired) electrons. The van der Waals surface area contributed by atoms with Crippen molar-refractivity contribution in [1.82, 2.24) is 10.2 Å². The van der Waals surface area contributed by atoms with Crippen LogP contribution in [0, 0.1) is 0 Å². The Hall–Kier alpha value is -0.510. The van der Waals surface area contributed by atoms with Gasteiger partial charge in [-0.2, -0.15) is 11.8 Å². The molecule has 2 atom stereocenters. The molecule has 19 heavy (non-hydrogen) atoms. The zero-order chi connectivity index (χ0) is 13.5. The van der Waals surface area contributed by atoms with Gasteiger partial charge in [0.2, 0.25) is 0 Å². The van der Waals surface area contributed by atoms with Crippen LogP contribution in [0.15, 0.2) is 30.3 Å². The average Bonchev–Trinajstić information content (AvgIpc) is 2.71. The Balaban J connectivity index is 1.91.